The fourth-order valence-corrected chi connectivity index (χ4v) is 3.43. The van der Waals surface area contributed by atoms with Crippen LogP contribution in [0.5, 0.6) is 5.75 Å². The summed E-state index contributed by atoms with van der Waals surface area (Å²) in [5.41, 5.74) is 4.52. The number of carbonyl (C=O) groups is 2. The fourth-order valence-electron chi connectivity index (χ4n) is 3.43. The first-order chi connectivity index (χ1) is 13.6. The van der Waals surface area contributed by atoms with Gasteiger partial charge in [0.15, 0.2) is 0 Å². The van der Waals surface area contributed by atoms with Gasteiger partial charge in [0.1, 0.15) is 5.75 Å². The van der Waals surface area contributed by atoms with Crippen molar-refractivity contribution in [2.24, 2.45) is 0 Å². The summed E-state index contributed by atoms with van der Waals surface area (Å²) in [6.45, 7) is 2.42. The molecule has 5 heteroatoms. The monoisotopic (exact) mass is 372 g/mol. The average Bonchev–Trinajstić information content (AvgIpc) is 3.05. The van der Waals surface area contributed by atoms with Gasteiger partial charge in [0, 0.05) is 22.9 Å². The van der Waals surface area contributed by atoms with Crippen LogP contribution in [-0.4, -0.2) is 18.9 Å². The molecule has 1 aliphatic heterocycles. The predicted octanol–water partition coefficient (Wildman–Crippen LogP) is 4.42. The molecule has 0 aromatic heterocycles. The van der Waals surface area contributed by atoms with Gasteiger partial charge in [0.2, 0.25) is 0 Å². The summed E-state index contributed by atoms with van der Waals surface area (Å²) in [5.74, 6) is 0.270. The van der Waals surface area contributed by atoms with Crippen LogP contribution in [0.25, 0.3) is 0 Å². The first kappa shape index (κ1) is 17.8. The molecule has 1 heterocycles. The van der Waals surface area contributed by atoms with Crippen LogP contribution in [0.2, 0.25) is 0 Å². The number of aryl methyl sites for hydroxylation is 1. The number of rotatable bonds is 4. The summed E-state index contributed by atoms with van der Waals surface area (Å²) in [7, 11) is 1.54. The van der Waals surface area contributed by atoms with Crippen molar-refractivity contribution >= 4 is 23.2 Å². The number of hydrogen-bond donors (Lipinski definition) is 1. The van der Waals surface area contributed by atoms with Gasteiger partial charge in [-0.2, -0.15) is 0 Å². The normalized spacial score (nSPS) is 12.6. The molecule has 0 radical (unpaired) electrons. The quantitative estimate of drug-likeness (QED) is 0.738. The molecule has 0 fully saturated rings. The van der Waals surface area contributed by atoms with E-state index in [0.717, 1.165) is 22.4 Å². The Hall–Kier alpha value is -3.60. The maximum atomic E-state index is 12.7. The van der Waals surface area contributed by atoms with Gasteiger partial charge >= 0.3 is 0 Å². The zero-order valence-electron chi connectivity index (χ0n) is 15.7. The van der Waals surface area contributed by atoms with E-state index in [4.69, 9.17) is 4.74 Å². The molecule has 2 amide bonds. The summed E-state index contributed by atoms with van der Waals surface area (Å²) < 4.78 is 5.47. The van der Waals surface area contributed by atoms with Gasteiger partial charge in [-0.15, -0.1) is 0 Å². The number of carbonyl (C=O) groups excluding carboxylic acids is 2. The molecule has 3 aromatic rings. The fraction of sp³-hybridized carbons (Fsp3) is 0.130. The average molecular weight is 372 g/mol. The minimum atomic E-state index is -0.200. The van der Waals surface area contributed by atoms with Crippen LogP contribution in [0.1, 0.15) is 31.8 Å². The Bertz CT molecular complexity index is 1070. The summed E-state index contributed by atoms with van der Waals surface area (Å²) in [6.07, 6.45) is 0. The second-order valence-corrected chi connectivity index (χ2v) is 6.70. The Morgan fingerprint density at radius 3 is 2.54 bits per heavy atom. The highest BCUT2D eigenvalue weighted by atomic mass is 16.5. The van der Waals surface area contributed by atoms with Gasteiger partial charge in [-0.05, 0) is 42.3 Å². The maximum Gasteiger partial charge on any atom is 0.258 e. The molecule has 0 aliphatic carbocycles. The largest absolute Gasteiger partial charge is 0.494 e. The van der Waals surface area contributed by atoms with Crippen LogP contribution in [0, 0.1) is 6.92 Å². The Morgan fingerprint density at radius 2 is 1.79 bits per heavy atom. The van der Waals surface area contributed by atoms with E-state index in [2.05, 4.69) is 5.32 Å². The number of nitrogens with one attached hydrogen (secondary N) is 1. The number of ether oxygens (including phenoxy) is 1. The maximum absolute atomic E-state index is 12.7. The molecule has 5 nitrogen and oxygen atoms in total. The minimum Gasteiger partial charge on any atom is -0.494 e. The first-order valence-electron chi connectivity index (χ1n) is 9.03. The van der Waals surface area contributed by atoms with Crippen molar-refractivity contribution in [1.82, 2.24) is 0 Å². The summed E-state index contributed by atoms with van der Waals surface area (Å²) >= 11 is 0. The summed E-state index contributed by atoms with van der Waals surface area (Å²) in [4.78, 5) is 27.0. The lowest BCUT2D eigenvalue weighted by Gasteiger charge is -2.18. The molecule has 0 saturated heterocycles. The molecule has 140 valence electrons. The van der Waals surface area contributed by atoms with Crippen molar-refractivity contribution in [3.63, 3.8) is 0 Å². The predicted molar refractivity (Wildman–Crippen MR) is 109 cm³/mol. The van der Waals surface area contributed by atoms with E-state index in [0.29, 0.717) is 23.5 Å². The van der Waals surface area contributed by atoms with E-state index in [1.54, 1.807) is 30.2 Å². The van der Waals surface area contributed by atoms with Gasteiger partial charge in [-0.25, -0.2) is 0 Å². The Morgan fingerprint density at radius 1 is 1.04 bits per heavy atom. The number of methoxy groups -OCH3 is 1. The molecule has 3 aromatic carbocycles. The van der Waals surface area contributed by atoms with Crippen molar-refractivity contribution in [1.29, 1.82) is 0 Å². The molecular formula is C23H20N2O3. The number of anilines is 2. The minimum absolute atomic E-state index is 0.0330. The second-order valence-electron chi connectivity index (χ2n) is 6.70. The molecule has 0 bridgehead atoms. The van der Waals surface area contributed by atoms with Gasteiger partial charge in [-0.1, -0.05) is 36.4 Å². The first-order valence-corrected chi connectivity index (χ1v) is 9.03. The van der Waals surface area contributed by atoms with Gasteiger partial charge in [0.25, 0.3) is 11.8 Å². The molecule has 1 aliphatic rings. The van der Waals surface area contributed by atoms with Crippen LogP contribution >= 0.6 is 0 Å². The van der Waals surface area contributed by atoms with E-state index >= 15 is 0 Å². The summed E-state index contributed by atoms with van der Waals surface area (Å²) in [5, 5.41) is 2.90. The Balaban J connectivity index is 1.60. The van der Waals surface area contributed by atoms with Crippen LogP contribution in [0.3, 0.4) is 0 Å². The molecule has 0 atom stereocenters. The van der Waals surface area contributed by atoms with Crippen LogP contribution in [0.4, 0.5) is 11.4 Å². The Kier molecular flexibility index (Phi) is 4.57. The standard InChI is InChI=1S/C23H20N2O3/c1-15-7-3-5-9-18(15)22(26)24-20-12-11-17(13-21(20)28-2)25-14-16-8-4-6-10-19(16)23(25)27/h3-13H,14H2,1-2H3,(H,24,26). The van der Waals surface area contributed by atoms with Crippen LogP contribution < -0.4 is 15.0 Å². The lowest BCUT2D eigenvalue weighted by molar-refractivity contribution is 0.0994. The van der Waals surface area contributed by atoms with E-state index in [9.17, 15) is 9.59 Å². The third kappa shape index (κ3) is 3.11. The molecule has 0 spiro atoms. The SMILES string of the molecule is COc1cc(N2Cc3ccccc3C2=O)ccc1NC(=O)c1ccccc1C. The summed E-state index contributed by atoms with van der Waals surface area (Å²) in [6, 6.07) is 20.4. The number of nitrogens with zero attached hydrogens (tertiary/aromatic N) is 1. The van der Waals surface area contributed by atoms with E-state index in [1.165, 1.54) is 0 Å². The topological polar surface area (TPSA) is 58.6 Å². The van der Waals surface area contributed by atoms with Gasteiger partial charge in [0.05, 0.1) is 19.3 Å². The molecule has 1 N–H and O–H groups in total. The van der Waals surface area contributed by atoms with Gasteiger partial charge in [-0.3, -0.25) is 9.59 Å². The van der Waals surface area contributed by atoms with E-state index in [1.807, 2.05) is 55.5 Å². The Labute approximate surface area is 163 Å². The zero-order valence-corrected chi connectivity index (χ0v) is 15.7. The number of benzene rings is 3. The van der Waals surface area contributed by atoms with Crippen LogP contribution in [0.15, 0.2) is 66.7 Å². The smallest absolute Gasteiger partial charge is 0.258 e. The second kappa shape index (κ2) is 7.19. The highest BCUT2D eigenvalue weighted by molar-refractivity contribution is 6.10. The number of fused-ring (bicyclic) bond motifs is 1. The molecule has 0 unspecified atom stereocenters. The molecule has 28 heavy (non-hydrogen) atoms. The van der Waals surface area contributed by atoms with E-state index < -0.39 is 0 Å². The van der Waals surface area contributed by atoms with Crippen molar-refractivity contribution in [2.75, 3.05) is 17.3 Å². The third-order valence-electron chi connectivity index (χ3n) is 4.96. The lowest BCUT2D eigenvalue weighted by Crippen LogP contribution is -2.23. The van der Waals surface area contributed by atoms with Crippen molar-refractivity contribution < 1.29 is 14.3 Å². The molecule has 0 saturated carbocycles. The zero-order chi connectivity index (χ0) is 19.7. The third-order valence-corrected chi connectivity index (χ3v) is 4.96. The van der Waals surface area contributed by atoms with Gasteiger partial charge < -0.3 is 15.0 Å². The van der Waals surface area contributed by atoms with Crippen molar-refractivity contribution in [3.8, 4) is 5.75 Å². The lowest BCUT2D eigenvalue weighted by atomic mass is 10.1. The highest BCUT2D eigenvalue weighted by Gasteiger charge is 2.28. The molecular weight excluding hydrogens is 352 g/mol. The van der Waals surface area contributed by atoms with Crippen LogP contribution in [-0.2, 0) is 6.54 Å². The van der Waals surface area contributed by atoms with Crippen molar-refractivity contribution in [2.45, 2.75) is 13.5 Å². The van der Waals surface area contributed by atoms with Crippen molar-refractivity contribution in [3.05, 3.63) is 89.0 Å². The number of amides is 2. The highest BCUT2D eigenvalue weighted by Crippen LogP contribution is 2.34. The molecule has 4 rings (SSSR count). The van der Waals surface area contributed by atoms with E-state index in [-0.39, 0.29) is 11.8 Å². The number of hydrogen-bond acceptors (Lipinski definition) is 3.